The fourth-order valence-electron chi connectivity index (χ4n) is 5.95. The van der Waals surface area contributed by atoms with Gasteiger partial charge in [-0.05, 0) is 37.2 Å². The van der Waals surface area contributed by atoms with Gasteiger partial charge in [0, 0.05) is 25.2 Å². The van der Waals surface area contributed by atoms with E-state index in [1.165, 1.54) is 37.7 Å². The lowest BCUT2D eigenvalue weighted by Gasteiger charge is -2.52. The van der Waals surface area contributed by atoms with Crippen LogP contribution in [0.3, 0.4) is 0 Å². The van der Waals surface area contributed by atoms with Crippen LogP contribution in [0.2, 0.25) is 0 Å². The summed E-state index contributed by atoms with van der Waals surface area (Å²) >= 11 is 0. The molecule has 1 unspecified atom stereocenters. The smallest absolute Gasteiger partial charge is 0.226 e. The number of piperidine rings is 1. The average Bonchev–Trinajstić information content (AvgIpc) is 2.99. The molecule has 0 bridgehead atoms. The largest absolute Gasteiger partial charge is 0.355 e. The van der Waals surface area contributed by atoms with Crippen LogP contribution in [0, 0.1) is 11.3 Å². The van der Waals surface area contributed by atoms with Gasteiger partial charge in [-0.1, -0.05) is 62.9 Å². The molecule has 2 saturated heterocycles. The van der Waals surface area contributed by atoms with Gasteiger partial charge in [0.15, 0.2) is 0 Å². The van der Waals surface area contributed by atoms with Crippen molar-refractivity contribution in [1.82, 2.24) is 10.2 Å². The van der Waals surface area contributed by atoms with E-state index in [2.05, 4.69) is 47.5 Å². The van der Waals surface area contributed by atoms with E-state index in [9.17, 15) is 4.79 Å². The maximum absolute atomic E-state index is 12.6. The molecule has 1 N–H and O–H groups in total. The van der Waals surface area contributed by atoms with E-state index in [4.69, 9.17) is 0 Å². The molecule has 25 heavy (non-hydrogen) atoms. The molecule has 1 amide bonds. The summed E-state index contributed by atoms with van der Waals surface area (Å²) in [5.41, 5.74) is 1.61. The second kappa shape index (κ2) is 6.75. The fraction of sp³-hybridized carbons (Fsp3) is 0.682. The molecule has 1 atom stereocenters. The SMILES string of the molecule is CCC1CNC(=O)C12CCN(C1(c3ccccc3)CCCCC1)CC2. The normalized spacial score (nSPS) is 28.8. The van der Waals surface area contributed by atoms with Gasteiger partial charge in [0.2, 0.25) is 5.91 Å². The van der Waals surface area contributed by atoms with E-state index in [1.807, 2.05) is 0 Å². The molecule has 0 radical (unpaired) electrons. The minimum absolute atomic E-state index is 0.0855. The lowest BCUT2D eigenvalue weighted by atomic mass is 9.67. The molecule has 2 aliphatic heterocycles. The molecule has 1 spiro atoms. The quantitative estimate of drug-likeness (QED) is 0.899. The Morgan fingerprint density at radius 3 is 2.36 bits per heavy atom. The van der Waals surface area contributed by atoms with Crippen LogP contribution >= 0.6 is 0 Å². The Bertz CT molecular complexity index is 598. The Balaban J connectivity index is 1.58. The van der Waals surface area contributed by atoms with Crippen LogP contribution in [-0.2, 0) is 10.3 Å². The highest BCUT2D eigenvalue weighted by atomic mass is 16.2. The van der Waals surface area contributed by atoms with Gasteiger partial charge in [0.25, 0.3) is 0 Å². The number of hydrogen-bond donors (Lipinski definition) is 1. The van der Waals surface area contributed by atoms with Gasteiger partial charge in [0.1, 0.15) is 0 Å². The highest BCUT2D eigenvalue weighted by molar-refractivity contribution is 5.85. The Hall–Kier alpha value is -1.35. The molecule has 3 aliphatic rings. The van der Waals surface area contributed by atoms with Crippen molar-refractivity contribution >= 4 is 5.91 Å². The van der Waals surface area contributed by atoms with Crippen molar-refractivity contribution in [1.29, 1.82) is 0 Å². The minimum atomic E-state index is -0.0855. The number of amides is 1. The summed E-state index contributed by atoms with van der Waals surface area (Å²) in [5.74, 6) is 0.859. The second-order valence-electron chi connectivity index (χ2n) is 8.42. The lowest BCUT2D eigenvalue weighted by molar-refractivity contribution is -0.133. The number of likely N-dealkylation sites (tertiary alicyclic amines) is 1. The second-order valence-corrected chi connectivity index (χ2v) is 8.42. The molecule has 1 saturated carbocycles. The number of carbonyl (C=O) groups is 1. The Labute approximate surface area is 152 Å². The van der Waals surface area contributed by atoms with Gasteiger partial charge in [-0.25, -0.2) is 0 Å². The number of carbonyl (C=O) groups excluding carboxylic acids is 1. The van der Waals surface area contributed by atoms with Gasteiger partial charge in [-0.3, -0.25) is 9.69 Å². The van der Waals surface area contributed by atoms with Crippen molar-refractivity contribution in [3.63, 3.8) is 0 Å². The van der Waals surface area contributed by atoms with E-state index in [0.29, 0.717) is 11.8 Å². The predicted molar refractivity (Wildman–Crippen MR) is 101 cm³/mol. The van der Waals surface area contributed by atoms with Crippen LogP contribution in [0.4, 0.5) is 0 Å². The highest BCUT2D eigenvalue weighted by Gasteiger charge is 2.52. The van der Waals surface area contributed by atoms with Gasteiger partial charge in [-0.15, -0.1) is 0 Å². The first-order chi connectivity index (χ1) is 12.2. The number of benzene rings is 1. The Morgan fingerprint density at radius 1 is 1.04 bits per heavy atom. The van der Waals surface area contributed by atoms with Crippen molar-refractivity contribution in [3.8, 4) is 0 Å². The third-order valence-electron chi connectivity index (χ3n) is 7.49. The molecule has 3 fully saturated rings. The maximum Gasteiger partial charge on any atom is 0.226 e. The van der Waals surface area contributed by atoms with E-state index in [1.54, 1.807) is 0 Å². The standard InChI is InChI=1S/C22H32N2O/c1-2-18-17-23-20(25)21(18)13-15-24(16-14-21)22(11-7-4-8-12-22)19-9-5-3-6-10-19/h3,5-6,9-10,18H,2,4,7-8,11-17H2,1H3,(H,23,25). The first kappa shape index (κ1) is 17.1. The van der Waals surface area contributed by atoms with Gasteiger partial charge in [0.05, 0.1) is 5.41 Å². The number of rotatable bonds is 3. The summed E-state index contributed by atoms with van der Waals surface area (Å²) in [7, 11) is 0. The minimum Gasteiger partial charge on any atom is -0.355 e. The Morgan fingerprint density at radius 2 is 1.72 bits per heavy atom. The summed E-state index contributed by atoms with van der Waals surface area (Å²) in [6, 6.07) is 11.2. The average molecular weight is 341 g/mol. The van der Waals surface area contributed by atoms with Crippen LogP contribution in [0.15, 0.2) is 30.3 Å². The first-order valence-corrected chi connectivity index (χ1v) is 10.3. The molecule has 1 aromatic carbocycles. The van der Waals surface area contributed by atoms with Gasteiger partial charge >= 0.3 is 0 Å². The van der Waals surface area contributed by atoms with Gasteiger partial charge < -0.3 is 5.32 Å². The summed E-state index contributed by atoms with van der Waals surface area (Å²) < 4.78 is 0. The summed E-state index contributed by atoms with van der Waals surface area (Å²) in [6.07, 6.45) is 9.75. The fourth-order valence-corrected chi connectivity index (χ4v) is 5.95. The lowest BCUT2D eigenvalue weighted by Crippen LogP contribution is -2.55. The van der Waals surface area contributed by atoms with Crippen molar-refractivity contribution in [2.24, 2.45) is 11.3 Å². The third kappa shape index (κ3) is 2.71. The van der Waals surface area contributed by atoms with Crippen molar-refractivity contribution in [2.75, 3.05) is 19.6 Å². The third-order valence-corrected chi connectivity index (χ3v) is 7.49. The zero-order valence-electron chi connectivity index (χ0n) is 15.6. The molecule has 4 rings (SSSR count). The molecule has 3 nitrogen and oxygen atoms in total. The first-order valence-electron chi connectivity index (χ1n) is 10.3. The zero-order valence-corrected chi connectivity index (χ0v) is 15.6. The number of nitrogens with one attached hydrogen (secondary N) is 1. The predicted octanol–water partition coefficient (Wildman–Crippen LogP) is 4.08. The molecule has 1 aliphatic carbocycles. The van der Waals surface area contributed by atoms with E-state index in [-0.39, 0.29) is 11.0 Å². The van der Waals surface area contributed by atoms with Crippen LogP contribution < -0.4 is 5.32 Å². The zero-order chi connectivity index (χ0) is 17.3. The van der Waals surface area contributed by atoms with Crippen LogP contribution in [0.25, 0.3) is 0 Å². The van der Waals surface area contributed by atoms with Gasteiger partial charge in [-0.2, -0.15) is 0 Å². The van der Waals surface area contributed by atoms with E-state index in [0.717, 1.165) is 38.9 Å². The monoisotopic (exact) mass is 340 g/mol. The molecule has 0 aromatic heterocycles. The molecule has 1 aromatic rings. The van der Waals surface area contributed by atoms with Crippen LogP contribution in [-0.4, -0.2) is 30.4 Å². The summed E-state index contributed by atoms with van der Waals surface area (Å²) in [6.45, 7) is 5.27. The van der Waals surface area contributed by atoms with Crippen LogP contribution in [0.5, 0.6) is 0 Å². The summed E-state index contributed by atoms with van der Waals surface area (Å²) in [4.78, 5) is 15.4. The molecular weight excluding hydrogens is 308 g/mol. The van der Waals surface area contributed by atoms with E-state index >= 15 is 0 Å². The van der Waals surface area contributed by atoms with Crippen LogP contribution in [0.1, 0.15) is 63.9 Å². The van der Waals surface area contributed by atoms with Crippen molar-refractivity contribution in [2.45, 2.75) is 63.8 Å². The molecule has 2 heterocycles. The number of hydrogen-bond acceptors (Lipinski definition) is 2. The van der Waals surface area contributed by atoms with Crippen molar-refractivity contribution < 1.29 is 4.79 Å². The molecule has 3 heteroatoms. The maximum atomic E-state index is 12.6. The molecular formula is C22H32N2O. The Kier molecular flexibility index (Phi) is 4.61. The highest BCUT2D eigenvalue weighted by Crippen LogP contribution is 2.49. The van der Waals surface area contributed by atoms with E-state index < -0.39 is 0 Å². The van der Waals surface area contributed by atoms with Crippen molar-refractivity contribution in [3.05, 3.63) is 35.9 Å². The molecule has 136 valence electrons. The topological polar surface area (TPSA) is 32.3 Å². The number of nitrogens with zero attached hydrogens (tertiary/aromatic N) is 1. The summed E-state index contributed by atoms with van der Waals surface area (Å²) in [5, 5.41) is 3.16.